The lowest BCUT2D eigenvalue weighted by Crippen LogP contribution is -2.30. The van der Waals surface area contributed by atoms with Crippen LogP contribution in [-0.2, 0) is 12.8 Å². The van der Waals surface area contributed by atoms with E-state index in [9.17, 15) is 4.79 Å². The molecule has 0 aliphatic heterocycles. The topological polar surface area (TPSA) is 69.9 Å². The van der Waals surface area contributed by atoms with Crippen molar-refractivity contribution in [3.8, 4) is 11.7 Å². The highest BCUT2D eigenvalue weighted by Crippen LogP contribution is 2.38. The lowest BCUT2D eigenvalue weighted by atomic mass is 9.81. The van der Waals surface area contributed by atoms with Gasteiger partial charge in [-0.05, 0) is 48.4 Å². The predicted molar refractivity (Wildman–Crippen MR) is 98.2 cm³/mol. The molecule has 7 heteroatoms. The normalized spacial score (nSPS) is 16.2. The van der Waals surface area contributed by atoms with Crippen LogP contribution < -0.4 is 10.3 Å². The zero-order chi connectivity index (χ0) is 18.1. The fraction of sp³-hybridized carbons (Fsp3) is 0.263. The third-order valence-corrected chi connectivity index (χ3v) is 5.18. The number of nitrogens with zero attached hydrogens (tertiary/aromatic N) is 4. The zero-order valence-corrected chi connectivity index (χ0v) is 15.0. The van der Waals surface area contributed by atoms with Crippen LogP contribution in [0.4, 0.5) is 0 Å². The van der Waals surface area contributed by atoms with Crippen LogP contribution in [0.1, 0.15) is 29.0 Å². The van der Waals surface area contributed by atoms with E-state index >= 15 is 0 Å². The molecule has 1 aliphatic rings. The van der Waals surface area contributed by atoms with E-state index in [4.69, 9.17) is 16.3 Å². The van der Waals surface area contributed by atoms with Crippen molar-refractivity contribution in [3.63, 3.8) is 0 Å². The van der Waals surface area contributed by atoms with Gasteiger partial charge in [0.2, 0.25) is 0 Å². The van der Waals surface area contributed by atoms with E-state index in [1.54, 1.807) is 31.8 Å². The van der Waals surface area contributed by atoms with E-state index in [2.05, 4.69) is 15.1 Å². The van der Waals surface area contributed by atoms with E-state index in [1.165, 1.54) is 4.68 Å². The van der Waals surface area contributed by atoms with Gasteiger partial charge < -0.3 is 4.74 Å². The fourth-order valence-corrected chi connectivity index (χ4v) is 3.82. The number of hydrogen-bond donors (Lipinski definition) is 0. The van der Waals surface area contributed by atoms with Crippen molar-refractivity contribution in [2.45, 2.75) is 25.2 Å². The number of hydrogen-bond acceptors (Lipinski definition) is 5. The molecule has 1 aliphatic carbocycles. The van der Waals surface area contributed by atoms with Crippen LogP contribution in [0, 0.1) is 0 Å². The number of aromatic nitrogens is 4. The van der Waals surface area contributed by atoms with Crippen molar-refractivity contribution in [3.05, 3.63) is 74.9 Å². The first-order chi connectivity index (χ1) is 12.7. The summed E-state index contributed by atoms with van der Waals surface area (Å²) in [7, 11) is 1.61. The summed E-state index contributed by atoms with van der Waals surface area (Å²) in [5, 5.41) is 4.91. The summed E-state index contributed by atoms with van der Waals surface area (Å²) in [5.41, 5.74) is 2.64. The Morgan fingerprint density at radius 3 is 2.81 bits per heavy atom. The molecular formula is C19H17ClN4O2. The Morgan fingerprint density at radius 1 is 1.23 bits per heavy atom. The molecule has 1 atom stereocenters. The minimum atomic E-state index is -0.149. The Kier molecular flexibility index (Phi) is 4.42. The van der Waals surface area contributed by atoms with Crippen LogP contribution in [-0.4, -0.2) is 26.9 Å². The van der Waals surface area contributed by atoms with Gasteiger partial charge in [-0.3, -0.25) is 4.79 Å². The molecule has 4 rings (SSSR count). The Hall–Kier alpha value is -2.73. The second-order valence-electron chi connectivity index (χ2n) is 6.22. The number of halogens is 1. The van der Waals surface area contributed by atoms with Crippen molar-refractivity contribution in [2.24, 2.45) is 0 Å². The molecule has 6 nitrogen and oxygen atoms in total. The maximum Gasteiger partial charge on any atom is 0.277 e. The molecule has 0 radical (unpaired) electrons. The zero-order valence-electron chi connectivity index (χ0n) is 14.2. The standard InChI is InChI=1S/C19H17ClN4O2/c1-26-16-5-2-4-14(17(16)20)12-6-7-15-13(10-12)11-23-24(18(15)25)19-21-8-3-9-22-19/h2-5,8-9,11-12H,6-7,10H2,1H3. The van der Waals surface area contributed by atoms with E-state index < -0.39 is 0 Å². The van der Waals surface area contributed by atoms with Crippen molar-refractivity contribution in [2.75, 3.05) is 7.11 Å². The highest BCUT2D eigenvalue weighted by Gasteiger charge is 2.26. The summed E-state index contributed by atoms with van der Waals surface area (Å²) >= 11 is 6.48. The third-order valence-electron chi connectivity index (χ3n) is 4.77. The van der Waals surface area contributed by atoms with Crippen molar-refractivity contribution >= 4 is 11.6 Å². The van der Waals surface area contributed by atoms with E-state index in [1.807, 2.05) is 18.2 Å². The summed E-state index contributed by atoms with van der Waals surface area (Å²) in [6.07, 6.45) is 7.16. The number of benzene rings is 1. The summed E-state index contributed by atoms with van der Waals surface area (Å²) in [6.45, 7) is 0. The number of methoxy groups -OCH3 is 1. The van der Waals surface area contributed by atoms with Gasteiger partial charge in [0.05, 0.1) is 18.3 Å². The summed E-state index contributed by atoms with van der Waals surface area (Å²) in [5.74, 6) is 1.19. The molecule has 0 bridgehead atoms. The Morgan fingerprint density at radius 2 is 2.04 bits per heavy atom. The first-order valence-corrected chi connectivity index (χ1v) is 8.76. The van der Waals surface area contributed by atoms with Gasteiger partial charge >= 0.3 is 0 Å². The molecule has 0 amide bonds. The molecule has 3 aromatic rings. The molecule has 2 aromatic heterocycles. The maximum absolute atomic E-state index is 12.8. The highest BCUT2D eigenvalue weighted by atomic mass is 35.5. The second kappa shape index (κ2) is 6.88. The van der Waals surface area contributed by atoms with Gasteiger partial charge in [0.1, 0.15) is 5.75 Å². The second-order valence-corrected chi connectivity index (χ2v) is 6.60. The van der Waals surface area contributed by atoms with Crippen LogP contribution >= 0.6 is 11.6 Å². The van der Waals surface area contributed by atoms with Gasteiger partial charge in [-0.15, -0.1) is 0 Å². The van der Waals surface area contributed by atoms with Crippen molar-refractivity contribution in [1.29, 1.82) is 0 Å². The smallest absolute Gasteiger partial charge is 0.277 e. The molecule has 0 saturated heterocycles. The largest absolute Gasteiger partial charge is 0.495 e. The van der Waals surface area contributed by atoms with Crippen molar-refractivity contribution in [1.82, 2.24) is 19.7 Å². The summed E-state index contributed by atoms with van der Waals surface area (Å²) in [6, 6.07) is 7.52. The van der Waals surface area contributed by atoms with E-state index in [0.29, 0.717) is 23.1 Å². The van der Waals surface area contributed by atoms with Gasteiger partial charge in [0, 0.05) is 18.0 Å². The molecular weight excluding hydrogens is 352 g/mol. The van der Waals surface area contributed by atoms with Crippen LogP contribution in [0.2, 0.25) is 5.02 Å². The Bertz CT molecular complexity index is 1000. The average Bonchev–Trinajstić information content (AvgIpc) is 2.69. The third kappa shape index (κ3) is 2.86. The van der Waals surface area contributed by atoms with Gasteiger partial charge in [-0.1, -0.05) is 23.7 Å². The highest BCUT2D eigenvalue weighted by molar-refractivity contribution is 6.32. The average molecular weight is 369 g/mol. The van der Waals surface area contributed by atoms with Crippen LogP contribution in [0.25, 0.3) is 5.95 Å². The minimum Gasteiger partial charge on any atom is -0.495 e. The Balaban J connectivity index is 1.69. The van der Waals surface area contributed by atoms with Crippen molar-refractivity contribution < 1.29 is 4.74 Å². The van der Waals surface area contributed by atoms with Gasteiger partial charge in [0.25, 0.3) is 11.5 Å². The van der Waals surface area contributed by atoms with Gasteiger partial charge in [-0.25, -0.2) is 9.97 Å². The number of ether oxygens (including phenoxy) is 1. The molecule has 0 saturated carbocycles. The first kappa shape index (κ1) is 16.7. The molecule has 1 unspecified atom stereocenters. The van der Waals surface area contributed by atoms with Gasteiger partial charge in [-0.2, -0.15) is 9.78 Å². The fourth-order valence-electron chi connectivity index (χ4n) is 3.46. The lowest BCUT2D eigenvalue weighted by molar-refractivity contribution is 0.413. The molecule has 132 valence electrons. The predicted octanol–water partition coefficient (Wildman–Crippen LogP) is 2.96. The monoisotopic (exact) mass is 368 g/mol. The molecule has 26 heavy (non-hydrogen) atoms. The SMILES string of the molecule is COc1cccc(C2CCc3c(cnn(-c4ncccn4)c3=O)C2)c1Cl. The van der Waals surface area contributed by atoms with Crippen LogP contribution in [0.3, 0.4) is 0 Å². The summed E-state index contributed by atoms with van der Waals surface area (Å²) < 4.78 is 6.58. The first-order valence-electron chi connectivity index (χ1n) is 8.39. The van der Waals surface area contributed by atoms with E-state index in [-0.39, 0.29) is 11.5 Å². The molecule has 0 spiro atoms. The Labute approximate surface area is 155 Å². The quantitative estimate of drug-likeness (QED) is 0.710. The number of fused-ring (bicyclic) bond motifs is 1. The van der Waals surface area contributed by atoms with E-state index in [0.717, 1.165) is 29.5 Å². The maximum atomic E-state index is 12.8. The number of rotatable bonds is 3. The minimum absolute atomic E-state index is 0.149. The van der Waals surface area contributed by atoms with Gasteiger partial charge in [0.15, 0.2) is 0 Å². The van der Waals surface area contributed by atoms with Crippen LogP contribution in [0.5, 0.6) is 5.75 Å². The molecule has 2 heterocycles. The lowest BCUT2D eigenvalue weighted by Gasteiger charge is -2.25. The molecule has 0 fully saturated rings. The molecule has 1 aromatic carbocycles. The molecule has 0 N–H and O–H groups in total. The van der Waals surface area contributed by atoms with Crippen LogP contribution in [0.15, 0.2) is 47.7 Å². The summed E-state index contributed by atoms with van der Waals surface area (Å²) in [4.78, 5) is 21.0.